The number of halogens is 1. The van der Waals surface area contributed by atoms with Crippen LogP contribution in [0.3, 0.4) is 0 Å². The van der Waals surface area contributed by atoms with Crippen LogP contribution in [0.15, 0.2) is 18.2 Å². The summed E-state index contributed by atoms with van der Waals surface area (Å²) in [5.41, 5.74) is 0.954. The van der Waals surface area contributed by atoms with E-state index in [1.165, 1.54) is 6.07 Å². The Balaban J connectivity index is 1.95. The third-order valence-electron chi connectivity index (χ3n) is 4.04. The molecule has 0 bridgehead atoms. The van der Waals surface area contributed by atoms with Crippen molar-refractivity contribution in [3.05, 3.63) is 29.6 Å². The summed E-state index contributed by atoms with van der Waals surface area (Å²) in [5.74, 6) is 1.41. The monoisotopic (exact) mass is 235 g/mol. The normalized spacial score (nSPS) is 35.0. The van der Waals surface area contributed by atoms with Crippen LogP contribution in [0.5, 0.6) is 5.75 Å². The van der Waals surface area contributed by atoms with Crippen LogP contribution >= 0.6 is 0 Å². The van der Waals surface area contributed by atoms with Crippen molar-refractivity contribution in [2.24, 2.45) is 5.92 Å². The van der Waals surface area contributed by atoms with Gasteiger partial charge in [-0.3, -0.25) is 0 Å². The highest BCUT2D eigenvalue weighted by Gasteiger charge is 2.48. The predicted molar refractivity (Wildman–Crippen MR) is 64.6 cm³/mol. The van der Waals surface area contributed by atoms with Gasteiger partial charge in [-0.25, -0.2) is 4.39 Å². The lowest BCUT2D eigenvalue weighted by atomic mass is 9.67. The first kappa shape index (κ1) is 11.0. The van der Waals surface area contributed by atoms with Crippen LogP contribution in [0.2, 0.25) is 0 Å². The zero-order chi connectivity index (χ0) is 12.0. The fraction of sp³-hybridized carbons (Fsp3) is 0.571. The lowest BCUT2D eigenvalue weighted by Crippen LogP contribution is -2.52. The summed E-state index contributed by atoms with van der Waals surface area (Å²) in [6.45, 7) is 2.25. The van der Waals surface area contributed by atoms with Crippen molar-refractivity contribution in [1.29, 1.82) is 0 Å². The minimum Gasteiger partial charge on any atom is -0.487 e. The third-order valence-corrected chi connectivity index (χ3v) is 4.04. The Bertz CT molecular complexity index is 440. The van der Waals surface area contributed by atoms with E-state index in [0.717, 1.165) is 36.5 Å². The molecule has 1 aliphatic carbocycles. The number of benzene rings is 1. The van der Waals surface area contributed by atoms with Gasteiger partial charge in [-0.1, -0.05) is 6.92 Å². The molecule has 1 unspecified atom stereocenters. The lowest BCUT2D eigenvalue weighted by Gasteiger charge is -2.51. The molecular formula is C14H18FNO. The molecule has 2 nitrogen and oxygen atoms in total. The van der Waals surface area contributed by atoms with Crippen molar-refractivity contribution >= 4 is 0 Å². The van der Waals surface area contributed by atoms with Gasteiger partial charge in [0.15, 0.2) is 0 Å². The molecule has 1 N–H and O–H groups in total. The molecule has 1 saturated carbocycles. The number of nitrogens with one attached hydrogen (secondary N) is 1. The van der Waals surface area contributed by atoms with E-state index in [9.17, 15) is 4.39 Å². The van der Waals surface area contributed by atoms with Crippen LogP contribution in [-0.2, 0) is 0 Å². The van der Waals surface area contributed by atoms with Crippen LogP contribution < -0.4 is 10.1 Å². The van der Waals surface area contributed by atoms with Gasteiger partial charge in [0.05, 0.1) is 0 Å². The van der Waals surface area contributed by atoms with Gasteiger partial charge >= 0.3 is 0 Å². The summed E-state index contributed by atoms with van der Waals surface area (Å²) in [5, 5.41) is 3.28. The molecule has 1 aliphatic heterocycles. The fourth-order valence-corrected chi connectivity index (χ4v) is 3.36. The van der Waals surface area contributed by atoms with Gasteiger partial charge in [0.1, 0.15) is 17.2 Å². The van der Waals surface area contributed by atoms with Crippen LogP contribution in [-0.4, -0.2) is 12.6 Å². The zero-order valence-corrected chi connectivity index (χ0v) is 10.3. The molecule has 1 spiro atoms. The molecule has 1 aromatic carbocycles. The van der Waals surface area contributed by atoms with E-state index in [1.807, 2.05) is 7.05 Å². The highest BCUT2D eigenvalue weighted by molar-refractivity contribution is 5.40. The summed E-state index contributed by atoms with van der Waals surface area (Å²) < 4.78 is 19.4. The van der Waals surface area contributed by atoms with Crippen LogP contribution in [0.4, 0.5) is 4.39 Å². The average molecular weight is 235 g/mol. The third kappa shape index (κ3) is 1.73. The first-order chi connectivity index (χ1) is 8.12. The van der Waals surface area contributed by atoms with E-state index in [2.05, 4.69) is 12.2 Å². The number of ether oxygens (including phenoxy) is 1. The predicted octanol–water partition coefficient (Wildman–Crippen LogP) is 3.04. The van der Waals surface area contributed by atoms with Gasteiger partial charge in [-0.05, 0) is 44.0 Å². The smallest absolute Gasteiger partial charge is 0.125 e. The topological polar surface area (TPSA) is 21.3 Å². The molecule has 0 saturated heterocycles. The Hall–Kier alpha value is -1.09. The standard InChI is InChI=1S/C14H18FNO/c1-9-6-14(7-9)8-12(16-2)11-5-10(15)3-4-13(11)17-14/h3-5,9,12,16H,6-8H2,1-2H3. The largest absolute Gasteiger partial charge is 0.487 e. The molecule has 1 fully saturated rings. The summed E-state index contributed by atoms with van der Waals surface area (Å²) in [4.78, 5) is 0. The maximum Gasteiger partial charge on any atom is 0.125 e. The van der Waals surface area contributed by atoms with E-state index in [4.69, 9.17) is 4.74 Å². The zero-order valence-electron chi connectivity index (χ0n) is 10.3. The van der Waals surface area contributed by atoms with Crippen LogP contribution in [0, 0.1) is 11.7 Å². The highest BCUT2D eigenvalue weighted by atomic mass is 19.1. The molecule has 1 heterocycles. The number of rotatable bonds is 1. The molecule has 1 atom stereocenters. The van der Waals surface area contributed by atoms with Crippen LogP contribution in [0.1, 0.15) is 37.8 Å². The Morgan fingerprint density at radius 3 is 2.76 bits per heavy atom. The summed E-state index contributed by atoms with van der Waals surface area (Å²) in [7, 11) is 1.93. The lowest BCUT2D eigenvalue weighted by molar-refractivity contribution is -0.0685. The van der Waals surface area contributed by atoms with E-state index in [-0.39, 0.29) is 17.5 Å². The van der Waals surface area contributed by atoms with E-state index in [1.54, 1.807) is 12.1 Å². The number of hydrogen-bond donors (Lipinski definition) is 1. The van der Waals surface area contributed by atoms with Crippen molar-refractivity contribution in [3.8, 4) is 5.75 Å². The summed E-state index contributed by atoms with van der Waals surface area (Å²) >= 11 is 0. The van der Waals surface area contributed by atoms with Crippen molar-refractivity contribution in [2.45, 2.75) is 37.8 Å². The molecule has 17 heavy (non-hydrogen) atoms. The van der Waals surface area contributed by atoms with Crippen molar-refractivity contribution in [3.63, 3.8) is 0 Å². The molecule has 1 aromatic rings. The molecule has 0 amide bonds. The van der Waals surface area contributed by atoms with Crippen molar-refractivity contribution in [1.82, 2.24) is 5.32 Å². The maximum atomic E-state index is 13.3. The SMILES string of the molecule is CNC1CC2(CC(C)C2)Oc2ccc(F)cc21. The first-order valence-corrected chi connectivity index (χ1v) is 6.28. The van der Waals surface area contributed by atoms with Gasteiger partial charge in [0.2, 0.25) is 0 Å². The second-order valence-electron chi connectivity index (χ2n) is 5.53. The minimum atomic E-state index is -0.189. The van der Waals surface area contributed by atoms with E-state index >= 15 is 0 Å². The van der Waals surface area contributed by atoms with Gasteiger partial charge in [-0.2, -0.15) is 0 Å². The molecule has 3 heteroatoms. The van der Waals surface area contributed by atoms with Gasteiger partial charge in [0, 0.05) is 18.0 Å². The minimum absolute atomic E-state index is 0.00206. The molecule has 92 valence electrons. The van der Waals surface area contributed by atoms with Gasteiger partial charge in [0.25, 0.3) is 0 Å². The molecule has 0 radical (unpaired) electrons. The van der Waals surface area contributed by atoms with Gasteiger partial charge in [-0.15, -0.1) is 0 Å². The number of hydrogen-bond acceptors (Lipinski definition) is 2. The molecule has 3 rings (SSSR count). The maximum absolute atomic E-state index is 13.3. The van der Waals surface area contributed by atoms with Crippen molar-refractivity contribution < 1.29 is 9.13 Å². The summed E-state index contributed by atoms with van der Waals surface area (Å²) in [6.07, 6.45) is 3.17. The quantitative estimate of drug-likeness (QED) is 0.807. The Morgan fingerprint density at radius 1 is 1.35 bits per heavy atom. The fourth-order valence-electron chi connectivity index (χ4n) is 3.36. The Labute approximate surface area is 101 Å². The van der Waals surface area contributed by atoms with E-state index < -0.39 is 0 Å². The Kier molecular flexibility index (Phi) is 2.40. The molecule has 2 aliphatic rings. The number of fused-ring (bicyclic) bond motifs is 1. The average Bonchev–Trinajstić information content (AvgIpc) is 2.27. The second-order valence-corrected chi connectivity index (χ2v) is 5.53. The van der Waals surface area contributed by atoms with E-state index in [0.29, 0.717) is 0 Å². The van der Waals surface area contributed by atoms with Crippen molar-refractivity contribution in [2.75, 3.05) is 7.05 Å². The molecule has 0 aromatic heterocycles. The second kappa shape index (κ2) is 3.70. The van der Waals surface area contributed by atoms with Gasteiger partial charge < -0.3 is 10.1 Å². The Morgan fingerprint density at radius 2 is 2.12 bits per heavy atom. The summed E-state index contributed by atoms with van der Waals surface area (Å²) in [6, 6.07) is 5.04. The first-order valence-electron chi connectivity index (χ1n) is 6.28. The highest BCUT2D eigenvalue weighted by Crippen LogP contribution is 2.51. The van der Waals surface area contributed by atoms with Crippen LogP contribution in [0.25, 0.3) is 0 Å². The molecular weight excluding hydrogens is 217 g/mol.